The van der Waals surface area contributed by atoms with Crippen LogP contribution in [-0.2, 0) is 24.0 Å². The van der Waals surface area contributed by atoms with Crippen molar-refractivity contribution in [2.75, 3.05) is 19.6 Å². The van der Waals surface area contributed by atoms with Gasteiger partial charge in [0.2, 0.25) is 5.91 Å². The molecule has 0 aliphatic carbocycles. The van der Waals surface area contributed by atoms with Crippen molar-refractivity contribution in [2.45, 2.75) is 31.9 Å². The number of hydrogen-bond donors (Lipinski definition) is 2. The van der Waals surface area contributed by atoms with Crippen LogP contribution >= 0.6 is 11.3 Å². The molecule has 1 fully saturated rings. The van der Waals surface area contributed by atoms with E-state index in [0.717, 1.165) is 43.2 Å². The van der Waals surface area contributed by atoms with Crippen LogP contribution in [0.3, 0.4) is 0 Å². The molecular formula is C18H26N4O2S. The third-order valence-electron chi connectivity index (χ3n) is 4.90. The average Bonchev–Trinajstić information content (AvgIpc) is 3.26. The van der Waals surface area contributed by atoms with E-state index in [0.29, 0.717) is 0 Å². The summed E-state index contributed by atoms with van der Waals surface area (Å²) < 4.78 is 2.03. The fourth-order valence-corrected chi connectivity index (χ4v) is 3.96. The fourth-order valence-electron chi connectivity index (χ4n) is 3.18. The lowest BCUT2D eigenvalue weighted by Crippen LogP contribution is -2.44. The first-order chi connectivity index (χ1) is 12.0. The highest BCUT2D eigenvalue weighted by molar-refractivity contribution is 7.10. The smallest absolute Gasteiger partial charge is 0.223 e. The molecule has 0 spiro atoms. The summed E-state index contributed by atoms with van der Waals surface area (Å²) in [5, 5.41) is 15.4. The lowest BCUT2D eigenvalue weighted by molar-refractivity contribution is -0.127. The Bertz CT molecular complexity index is 688. The number of aryl methyl sites for hydroxylation is 1. The van der Waals surface area contributed by atoms with Gasteiger partial charge in [0.05, 0.1) is 13.1 Å². The minimum absolute atomic E-state index is 0.0248. The van der Waals surface area contributed by atoms with Gasteiger partial charge >= 0.3 is 0 Å². The number of carbonyl (C=O) groups excluding carboxylic acids is 1. The molecule has 1 saturated heterocycles. The Morgan fingerprint density at radius 1 is 1.48 bits per heavy atom. The first-order valence-electron chi connectivity index (χ1n) is 8.68. The molecule has 6 nitrogen and oxygen atoms in total. The predicted molar refractivity (Wildman–Crippen MR) is 98.1 cm³/mol. The summed E-state index contributed by atoms with van der Waals surface area (Å²) in [6.45, 7) is 4.61. The van der Waals surface area contributed by atoms with Gasteiger partial charge in [-0.15, -0.1) is 11.3 Å². The number of rotatable bonds is 6. The number of carbonyl (C=O) groups is 1. The molecule has 3 heterocycles. The summed E-state index contributed by atoms with van der Waals surface area (Å²) in [6, 6.07) is 3.81. The molecule has 0 aromatic carbocycles. The number of amides is 1. The average molecular weight is 362 g/mol. The topological polar surface area (TPSA) is 70.4 Å². The second-order valence-corrected chi connectivity index (χ2v) is 7.92. The largest absolute Gasteiger partial charge is 0.383 e. The molecule has 1 amide bonds. The van der Waals surface area contributed by atoms with E-state index in [1.54, 1.807) is 6.92 Å². The zero-order valence-electron chi connectivity index (χ0n) is 14.8. The summed E-state index contributed by atoms with van der Waals surface area (Å²) in [5.74, 6) is 1.13. The van der Waals surface area contributed by atoms with Crippen molar-refractivity contribution in [1.82, 2.24) is 19.8 Å². The van der Waals surface area contributed by atoms with Crippen LogP contribution < -0.4 is 5.32 Å². The van der Waals surface area contributed by atoms with Crippen LogP contribution in [0.4, 0.5) is 0 Å². The molecule has 1 aliphatic rings. The molecule has 2 aromatic rings. The number of imidazole rings is 1. The highest BCUT2D eigenvalue weighted by Crippen LogP contribution is 2.25. The molecule has 136 valence electrons. The Morgan fingerprint density at radius 2 is 2.24 bits per heavy atom. The second kappa shape index (κ2) is 7.68. The number of piperidine rings is 1. The zero-order chi connectivity index (χ0) is 17.9. The predicted octanol–water partition coefficient (Wildman–Crippen LogP) is 1.72. The van der Waals surface area contributed by atoms with Gasteiger partial charge in [0, 0.05) is 30.2 Å². The molecule has 0 bridgehead atoms. The van der Waals surface area contributed by atoms with E-state index in [-0.39, 0.29) is 18.4 Å². The Kier molecular flexibility index (Phi) is 5.56. The first-order valence-corrected chi connectivity index (χ1v) is 9.56. The highest BCUT2D eigenvalue weighted by atomic mass is 32.1. The van der Waals surface area contributed by atoms with Crippen LogP contribution in [0.25, 0.3) is 0 Å². The minimum Gasteiger partial charge on any atom is -0.383 e. The number of aromatic nitrogens is 2. The Labute approximate surface area is 152 Å². The quantitative estimate of drug-likeness (QED) is 0.821. The molecule has 25 heavy (non-hydrogen) atoms. The number of thiophene rings is 1. The highest BCUT2D eigenvalue weighted by Gasteiger charge is 2.29. The van der Waals surface area contributed by atoms with Crippen LogP contribution in [-0.4, -0.2) is 45.1 Å². The van der Waals surface area contributed by atoms with Crippen molar-refractivity contribution in [1.29, 1.82) is 0 Å². The van der Waals surface area contributed by atoms with E-state index >= 15 is 0 Å². The molecule has 2 N–H and O–H groups in total. The molecule has 1 unspecified atom stereocenters. The Morgan fingerprint density at radius 3 is 2.84 bits per heavy atom. The lowest BCUT2D eigenvalue weighted by atomic mass is 9.95. The SMILES string of the molecule is Cn1ccnc1CN1CCC(C(=O)NCC(C)(O)c2cccs2)CC1. The third-order valence-corrected chi connectivity index (χ3v) is 6.03. The van der Waals surface area contributed by atoms with Crippen LogP contribution in [0.2, 0.25) is 0 Å². The van der Waals surface area contributed by atoms with E-state index in [2.05, 4.69) is 15.2 Å². The van der Waals surface area contributed by atoms with Crippen LogP contribution in [0, 0.1) is 5.92 Å². The molecule has 1 atom stereocenters. The maximum Gasteiger partial charge on any atom is 0.223 e. The van der Waals surface area contributed by atoms with Crippen molar-refractivity contribution in [2.24, 2.45) is 13.0 Å². The maximum absolute atomic E-state index is 12.4. The standard InChI is InChI=1S/C18H26N4O2S/c1-18(24,15-4-3-11-25-15)13-20-17(23)14-5-8-22(9-6-14)12-16-19-7-10-21(16)2/h3-4,7,10-11,14,24H,5-6,8-9,12-13H2,1-2H3,(H,20,23). The second-order valence-electron chi connectivity index (χ2n) is 6.97. The Balaban J connectivity index is 1.45. The summed E-state index contributed by atoms with van der Waals surface area (Å²) >= 11 is 1.50. The van der Waals surface area contributed by atoms with E-state index in [9.17, 15) is 9.90 Å². The molecule has 3 rings (SSSR count). The van der Waals surface area contributed by atoms with Gasteiger partial charge in [0.15, 0.2) is 0 Å². The number of nitrogens with one attached hydrogen (secondary N) is 1. The minimum atomic E-state index is -1.01. The Hall–Kier alpha value is -1.70. The molecule has 7 heteroatoms. The summed E-state index contributed by atoms with van der Waals surface area (Å²) in [4.78, 5) is 20.0. The van der Waals surface area contributed by atoms with Crippen LogP contribution in [0.15, 0.2) is 29.9 Å². The van der Waals surface area contributed by atoms with Crippen molar-refractivity contribution in [3.05, 3.63) is 40.6 Å². The van der Waals surface area contributed by atoms with Gasteiger partial charge in [-0.05, 0) is 44.3 Å². The lowest BCUT2D eigenvalue weighted by Gasteiger charge is -2.31. The van der Waals surface area contributed by atoms with Crippen molar-refractivity contribution in [3.63, 3.8) is 0 Å². The van der Waals surface area contributed by atoms with Gasteiger partial charge in [-0.25, -0.2) is 4.98 Å². The summed E-state index contributed by atoms with van der Waals surface area (Å²) in [5.41, 5.74) is -1.01. The number of aliphatic hydroxyl groups is 1. The monoisotopic (exact) mass is 362 g/mol. The molecule has 1 aliphatic heterocycles. The van der Waals surface area contributed by atoms with Crippen molar-refractivity contribution >= 4 is 17.2 Å². The molecule has 0 radical (unpaired) electrons. The zero-order valence-corrected chi connectivity index (χ0v) is 15.6. The molecule has 0 saturated carbocycles. The van der Waals surface area contributed by atoms with Gasteiger partial charge in [-0.3, -0.25) is 9.69 Å². The number of likely N-dealkylation sites (tertiary alicyclic amines) is 1. The number of hydrogen-bond acceptors (Lipinski definition) is 5. The van der Waals surface area contributed by atoms with Crippen molar-refractivity contribution < 1.29 is 9.90 Å². The van der Waals surface area contributed by atoms with Gasteiger partial charge in [0.25, 0.3) is 0 Å². The van der Waals surface area contributed by atoms with Gasteiger partial charge in [0.1, 0.15) is 11.4 Å². The van der Waals surface area contributed by atoms with Gasteiger partial charge < -0.3 is 15.0 Å². The maximum atomic E-state index is 12.4. The molecular weight excluding hydrogens is 336 g/mol. The normalized spacial score (nSPS) is 18.8. The first kappa shape index (κ1) is 18.1. The van der Waals surface area contributed by atoms with Crippen LogP contribution in [0.5, 0.6) is 0 Å². The fraction of sp³-hybridized carbons (Fsp3) is 0.556. The molecule has 2 aromatic heterocycles. The van der Waals surface area contributed by atoms with E-state index < -0.39 is 5.60 Å². The van der Waals surface area contributed by atoms with E-state index in [1.165, 1.54) is 11.3 Å². The van der Waals surface area contributed by atoms with E-state index in [1.807, 2.05) is 41.5 Å². The van der Waals surface area contributed by atoms with E-state index in [4.69, 9.17) is 0 Å². The van der Waals surface area contributed by atoms with Gasteiger partial charge in [-0.1, -0.05) is 6.07 Å². The summed E-state index contributed by atoms with van der Waals surface area (Å²) in [7, 11) is 2.00. The van der Waals surface area contributed by atoms with Crippen LogP contribution in [0.1, 0.15) is 30.5 Å². The summed E-state index contributed by atoms with van der Waals surface area (Å²) in [6.07, 6.45) is 5.46. The van der Waals surface area contributed by atoms with Crippen molar-refractivity contribution in [3.8, 4) is 0 Å². The third kappa shape index (κ3) is 4.48. The number of nitrogens with zero attached hydrogens (tertiary/aromatic N) is 3. The van der Waals surface area contributed by atoms with Gasteiger partial charge in [-0.2, -0.15) is 0 Å².